The van der Waals surface area contributed by atoms with Crippen LogP contribution in [0.2, 0.25) is 0 Å². The summed E-state index contributed by atoms with van der Waals surface area (Å²) in [6.07, 6.45) is 1.71. The van der Waals surface area contributed by atoms with Crippen LogP contribution in [-0.2, 0) is 4.74 Å². The Hall–Kier alpha value is 0.0700. The van der Waals surface area contributed by atoms with Crippen molar-refractivity contribution in [3.05, 3.63) is 33.5 Å². The molecule has 0 saturated heterocycles. The molecule has 1 aromatic rings. The lowest BCUT2D eigenvalue weighted by Crippen LogP contribution is -1.89. The van der Waals surface area contributed by atoms with E-state index in [1.165, 1.54) is 0 Å². The first kappa shape index (κ1) is 9.16. The van der Waals surface area contributed by atoms with Gasteiger partial charge in [-0.3, -0.25) is 0 Å². The summed E-state index contributed by atoms with van der Waals surface area (Å²) < 4.78 is 6.60. The van der Waals surface area contributed by atoms with Gasteiger partial charge in [0.05, 0.1) is 0 Å². The topological polar surface area (TPSA) is 22.1 Å². The highest BCUT2D eigenvalue weighted by Crippen LogP contribution is 2.24. The molecule has 0 amide bonds. The molecule has 0 aliphatic rings. The van der Waals surface area contributed by atoms with Gasteiger partial charge in [0.2, 0.25) is 0 Å². The second-order valence-electron chi connectivity index (χ2n) is 1.85. The molecule has 2 nitrogen and oxygen atoms in total. The maximum atomic E-state index is 4.86. The lowest BCUT2D eigenvalue weighted by molar-refractivity contribution is 0.291. The van der Waals surface area contributed by atoms with Gasteiger partial charge in [0.25, 0.3) is 0 Å². The maximum absolute atomic E-state index is 4.86. The molecule has 0 bridgehead atoms. The summed E-state index contributed by atoms with van der Waals surface area (Å²) >= 11 is 6.66. The van der Waals surface area contributed by atoms with Crippen LogP contribution in [0.25, 0.3) is 0 Å². The largest absolute Gasteiger partial charge is 0.374 e. The fourth-order valence-corrected chi connectivity index (χ4v) is 1.74. The Balaban J connectivity index is 3.00. The third-order valence-electron chi connectivity index (χ3n) is 1.12. The van der Waals surface area contributed by atoms with Gasteiger partial charge >= 0.3 is 0 Å². The lowest BCUT2D eigenvalue weighted by atomic mass is 10.3. The number of pyridine rings is 1. The van der Waals surface area contributed by atoms with E-state index in [1.807, 2.05) is 6.07 Å². The molecule has 0 saturated carbocycles. The van der Waals surface area contributed by atoms with Gasteiger partial charge in [-0.2, -0.15) is 0 Å². The van der Waals surface area contributed by atoms with Gasteiger partial charge in [-0.1, -0.05) is 15.9 Å². The molecular formula is C7H6Br2NO. The number of halogens is 2. The van der Waals surface area contributed by atoms with Gasteiger partial charge in [-0.15, -0.1) is 0 Å². The summed E-state index contributed by atoms with van der Waals surface area (Å²) in [5.41, 5.74) is 0.912. The van der Waals surface area contributed by atoms with E-state index >= 15 is 0 Å². The number of methoxy groups -OCH3 is 1. The van der Waals surface area contributed by atoms with E-state index in [4.69, 9.17) is 4.74 Å². The summed E-state index contributed by atoms with van der Waals surface area (Å²) in [4.78, 5) is 4.03. The van der Waals surface area contributed by atoms with Crippen LogP contribution in [0, 0.1) is 6.61 Å². The highest BCUT2D eigenvalue weighted by Gasteiger charge is 2.04. The molecular weight excluding hydrogens is 274 g/mol. The zero-order valence-corrected chi connectivity index (χ0v) is 9.02. The minimum Gasteiger partial charge on any atom is -0.374 e. The van der Waals surface area contributed by atoms with Crippen LogP contribution in [0.3, 0.4) is 0 Å². The van der Waals surface area contributed by atoms with Crippen LogP contribution >= 0.6 is 31.9 Å². The van der Waals surface area contributed by atoms with Crippen LogP contribution in [-0.4, -0.2) is 12.1 Å². The molecule has 0 aliphatic carbocycles. The normalized spacial score (nSPS) is 10.1. The van der Waals surface area contributed by atoms with Crippen molar-refractivity contribution in [2.45, 2.75) is 0 Å². The zero-order chi connectivity index (χ0) is 8.27. The molecule has 0 unspecified atom stereocenters. The average molecular weight is 280 g/mol. The summed E-state index contributed by atoms with van der Waals surface area (Å²) in [6, 6.07) is 1.86. The lowest BCUT2D eigenvalue weighted by Gasteiger charge is -2.02. The molecule has 4 heteroatoms. The molecule has 11 heavy (non-hydrogen) atoms. The molecule has 0 aliphatic heterocycles. The van der Waals surface area contributed by atoms with E-state index in [0.717, 1.165) is 14.6 Å². The molecule has 1 radical (unpaired) electrons. The Morgan fingerprint density at radius 1 is 1.55 bits per heavy atom. The predicted octanol–water partition coefficient (Wildman–Crippen LogP) is 2.76. The molecule has 0 fully saturated rings. The monoisotopic (exact) mass is 278 g/mol. The SMILES string of the molecule is CO[CH]c1c(Br)ccnc1Br. The summed E-state index contributed by atoms with van der Waals surface area (Å²) in [6.45, 7) is 1.63. The first-order valence-electron chi connectivity index (χ1n) is 2.91. The van der Waals surface area contributed by atoms with E-state index in [2.05, 4.69) is 36.8 Å². The number of nitrogens with zero attached hydrogens (tertiary/aromatic N) is 1. The molecule has 0 spiro atoms. The van der Waals surface area contributed by atoms with Gasteiger partial charge in [-0.25, -0.2) is 4.98 Å². The van der Waals surface area contributed by atoms with Crippen LogP contribution in [0.1, 0.15) is 5.56 Å². The fraction of sp³-hybridized carbons (Fsp3) is 0.143. The van der Waals surface area contributed by atoms with Gasteiger partial charge in [0, 0.05) is 23.3 Å². The van der Waals surface area contributed by atoms with Crippen molar-refractivity contribution in [3.8, 4) is 0 Å². The van der Waals surface area contributed by atoms with Crippen LogP contribution in [0.15, 0.2) is 21.3 Å². The van der Waals surface area contributed by atoms with E-state index in [1.54, 1.807) is 19.9 Å². The standard InChI is InChI=1S/C7H6Br2NO/c1-11-4-5-6(8)2-3-10-7(5)9/h2-4H,1H3. The van der Waals surface area contributed by atoms with Crippen LogP contribution < -0.4 is 0 Å². The molecule has 0 N–H and O–H groups in total. The quantitative estimate of drug-likeness (QED) is 0.777. The van der Waals surface area contributed by atoms with Gasteiger partial charge in [0.1, 0.15) is 11.2 Å². The number of rotatable bonds is 2. The second-order valence-corrected chi connectivity index (χ2v) is 3.46. The maximum Gasteiger partial charge on any atom is 0.116 e. The number of hydrogen-bond acceptors (Lipinski definition) is 2. The van der Waals surface area contributed by atoms with E-state index in [9.17, 15) is 0 Å². The highest BCUT2D eigenvalue weighted by atomic mass is 79.9. The van der Waals surface area contributed by atoms with Crippen molar-refractivity contribution in [3.63, 3.8) is 0 Å². The van der Waals surface area contributed by atoms with Crippen LogP contribution in [0.5, 0.6) is 0 Å². The van der Waals surface area contributed by atoms with Crippen molar-refractivity contribution < 1.29 is 4.74 Å². The number of aromatic nitrogens is 1. The first-order chi connectivity index (χ1) is 5.25. The Labute approximate surface area is 82.2 Å². The molecule has 0 aromatic carbocycles. The predicted molar refractivity (Wildman–Crippen MR) is 50.0 cm³/mol. The molecule has 0 atom stereocenters. The second kappa shape index (κ2) is 4.18. The van der Waals surface area contributed by atoms with Gasteiger partial charge in [-0.05, 0) is 22.0 Å². The Morgan fingerprint density at radius 3 is 2.82 bits per heavy atom. The molecule has 1 heterocycles. The molecule has 1 aromatic heterocycles. The minimum atomic E-state index is 0.772. The highest BCUT2D eigenvalue weighted by molar-refractivity contribution is 9.11. The van der Waals surface area contributed by atoms with Crippen molar-refractivity contribution in [1.82, 2.24) is 4.98 Å². The van der Waals surface area contributed by atoms with E-state index in [0.29, 0.717) is 0 Å². The third-order valence-corrected chi connectivity index (χ3v) is 2.45. The molecule has 1 rings (SSSR count). The van der Waals surface area contributed by atoms with Crippen molar-refractivity contribution in [2.24, 2.45) is 0 Å². The summed E-state index contributed by atoms with van der Waals surface area (Å²) in [7, 11) is 1.60. The third kappa shape index (κ3) is 2.25. The van der Waals surface area contributed by atoms with Crippen LogP contribution in [0.4, 0.5) is 0 Å². The Morgan fingerprint density at radius 2 is 2.27 bits per heavy atom. The number of ether oxygens (including phenoxy) is 1. The summed E-state index contributed by atoms with van der Waals surface area (Å²) in [5.74, 6) is 0. The Bertz CT molecular complexity index is 232. The van der Waals surface area contributed by atoms with Crippen molar-refractivity contribution in [1.29, 1.82) is 0 Å². The van der Waals surface area contributed by atoms with E-state index in [-0.39, 0.29) is 0 Å². The minimum absolute atomic E-state index is 0.772. The van der Waals surface area contributed by atoms with Gasteiger partial charge < -0.3 is 4.74 Å². The first-order valence-corrected chi connectivity index (χ1v) is 4.50. The van der Waals surface area contributed by atoms with Gasteiger partial charge in [0.15, 0.2) is 0 Å². The molecule has 59 valence electrons. The summed E-state index contributed by atoms with van der Waals surface area (Å²) in [5, 5.41) is 0. The smallest absolute Gasteiger partial charge is 0.116 e. The number of hydrogen-bond donors (Lipinski definition) is 0. The van der Waals surface area contributed by atoms with Crippen molar-refractivity contribution >= 4 is 31.9 Å². The van der Waals surface area contributed by atoms with Crippen molar-refractivity contribution in [2.75, 3.05) is 7.11 Å². The fourth-order valence-electron chi connectivity index (χ4n) is 0.649. The average Bonchev–Trinajstić information content (AvgIpc) is 1.97. The zero-order valence-electron chi connectivity index (χ0n) is 5.84. The Kier molecular flexibility index (Phi) is 3.48. The van der Waals surface area contributed by atoms with E-state index < -0.39 is 0 Å².